The van der Waals surface area contributed by atoms with Gasteiger partial charge in [0.05, 0.1) is 6.10 Å². The molecule has 2 heterocycles. The lowest BCUT2D eigenvalue weighted by Gasteiger charge is -2.32. The molecule has 0 amide bonds. The highest BCUT2D eigenvalue weighted by atomic mass is 16.4. The largest absolute Gasteiger partial charge is 0.408 e. The summed E-state index contributed by atoms with van der Waals surface area (Å²) in [5.41, 5.74) is 5.41. The maximum atomic E-state index is 9.62. The molecule has 1 aromatic rings. The van der Waals surface area contributed by atoms with Gasteiger partial charge in [-0.3, -0.25) is 0 Å². The summed E-state index contributed by atoms with van der Waals surface area (Å²) in [5.74, 6) is 0.815. The van der Waals surface area contributed by atoms with Crippen molar-refractivity contribution in [2.45, 2.75) is 25.9 Å². The average Bonchev–Trinajstić information content (AvgIpc) is 2.71. The Balaban J connectivity index is 2.01. The SMILES string of the molecule is CC1CN(c2nnc(CCN)o2)CCC1O. The highest BCUT2D eigenvalue weighted by molar-refractivity contribution is 5.25. The van der Waals surface area contributed by atoms with Crippen LogP contribution >= 0.6 is 0 Å². The Bertz CT molecular complexity index is 341. The molecule has 1 aliphatic heterocycles. The van der Waals surface area contributed by atoms with E-state index in [9.17, 15) is 5.11 Å². The number of anilines is 1. The number of hydrogen-bond acceptors (Lipinski definition) is 6. The number of hydrogen-bond donors (Lipinski definition) is 2. The number of aliphatic hydroxyl groups is 1. The first kappa shape index (κ1) is 11.3. The molecule has 1 aliphatic rings. The molecule has 0 radical (unpaired) electrons. The second-order valence-corrected chi connectivity index (χ2v) is 4.30. The summed E-state index contributed by atoms with van der Waals surface area (Å²) in [6, 6.07) is 0.544. The van der Waals surface area contributed by atoms with Gasteiger partial charge in [0.25, 0.3) is 0 Å². The molecule has 6 nitrogen and oxygen atoms in total. The Morgan fingerprint density at radius 2 is 2.38 bits per heavy atom. The Labute approximate surface area is 94.4 Å². The Hall–Kier alpha value is -1.14. The molecule has 0 aromatic carbocycles. The van der Waals surface area contributed by atoms with Gasteiger partial charge in [-0.1, -0.05) is 12.0 Å². The fourth-order valence-corrected chi connectivity index (χ4v) is 1.90. The van der Waals surface area contributed by atoms with Gasteiger partial charge in [-0.2, -0.15) is 0 Å². The lowest BCUT2D eigenvalue weighted by molar-refractivity contribution is 0.0956. The van der Waals surface area contributed by atoms with Crippen LogP contribution in [0.1, 0.15) is 19.2 Å². The van der Waals surface area contributed by atoms with Crippen LogP contribution in [0.2, 0.25) is 0 Å². The van der Waals surface area contributed by atoms with Crippen molar-refractivity contribution >= 4 is 6.01 Å². The third kappa shape index (κ3) is 2.33. The van der Waals surface area contributed by atoms with E-state index in [1.165, 1.54) is 0 Å². The van der Waals surface area contributed by atoms with Crippen molar-refractivity contribution in [2.75, 3.05) is 24.5 Å². The van der Waals surface area contributed by atoms with E-state index in [1.54, 1.807) is 0 Å². The topological polar surface area (TPSA) is 88.4 Å². The van der Waals surface area contributed by atoms with Gasteiger partial charge in [0.2, 0.25) is 5.89 Å². The molecule has 0 aliphatic carbocycles. The highest BCUT2D eigenvalue weighted by Gasteiger charge is 2.26. The predicted octanol–water partition coefficient (Wildman–Crippen LogP) is -0.222. The number of aliphatic hydroxyl groups excluding tert-OH is 1. The summed E-state index contributed by atoms with van der Waals surface area (Å²) in [7, 11) is 0. The van der Waals surface area contributed by atoms with E-state index >= 15 is 0 Å². The number of piperidine rings is 1. The van der Waals surface area contributed by atoms with Gasteiger partial charge in [0.1, 0.15) is 0 Å². The normalized spacial score (nSPS) is 26.1. The van der Waals surface area contributed by atoms with E-state index < -0.39 is 0 Å². The number of rotatable bonds is 3. The van der Waals surface area contributed by atoms with E-state index in [-0.39, 0.29) is 12.0 Å². The summed E-state index contributed by atoms with van der Waals surface area (Å²) in [6.45, 7) is 4.05. The van der Waals surface area contributed by atoms with Crippen molar-refractivity contribution in [1.82, 2.24) is 10.2 Å². The average molecular weight is 226 g/mol. The van der Waals surface area contributed by atoms with Crippen LogP contribution in [0.3, 0.4) is 0 Å². The van der Waals surface area contributed by atoms with Crippen LogP contribution < -0.4 is 10.6 Å². The summed E-state index contributed by atoms with van der Waals surface area (Å²) < 4.78 is 5.49. The van der Waals surface area contributed by atoms with Gasteiger partial charge in [-0.05, 0) is 12.3 Å². The van der Waals surface area contributed by atoms with Crippen LogP contribution in [0.25, 0.3) is 0 Å². The van der Waals surface area contributed by atoms with Crippen molar-refractivity contribution in [2.24, 2.45) is 11.7 Å². The second kappa shape index (κ2) is 4.80. The number of nitrogens with zero attached hydrogens (tertiary/aromatic N) is 3. The van der Waals surface area contributed by atoms with E-state index in [2.05, 4.69) is 10.2 Å². The van der Waals surface area contributed by atoms with Crippen molar-refractivity contribution in [3.05, 3.63) is 5.89 Å². The lowest BCUT2D eigenvalue weighted by Crippen LogP contribution is -2.42. The summed E-state index contributed by atoms with van der Waals surface area (Å²) in [4.78, 5) is 2.02. The molecule has 3 N–H and O–H groups in total. The molecular formula is C10H18N4O2. The van der Waals surface area contributed by atoms with Crippen LogP contribution in [0.4, 0.5) is 6.01 Å². The zero-order valence-electron chi connectivity index (χ0n) is 9.46. The Morgan fingerprint density at radius 1 is 1.56 bits per heavy atom. The molecule has 16 heavy (non-hydrogen) atoms. The molecule has 1 saturated heterocycles. The zero-order chi connectivity index (χ0) is 11.5. The molecule has 1 aromatic heterocycles. The molecule has 90 valence electrons. The zero-order valence-corrected chi connectivity index (χ0v) is 9.46. The van der Waals surface area contributed by atoms with E-state index in [1.807, 2.05) is 11.8 Å². The highest BCUT2D eigenvalue weighted by Crippen LogP contribution is 2.22. The summed E-state index contributed by atoms with van der Waals surface area (Å²) in [6.07, 6.45) is 1.14. The van der Waals surface area contributed by atoms with E-state index in [0.29, 0.717) is 24.9 Å². The van der Waals surface area contributed by atoms with Gasteiger partial charge < -0.3 is 20.2 Å². The maximum absolute atomic E-state index is 9.62. The van der Waals surface area contributed by atoms with Crippen molar-refractivity contribution in [3.8, 4) is 0 Å². The van der Waals surface area contributed by atoms with Crippen molar-refractivity contribution in [3.63, 3.8) is 0 Å². The van der Waals surface area contributed by atoms with Crippen LogP contribution in [-0.4, -0.2) is 41.0 Å². The van der Waals surface area contributed by atoms with Gasteiger partial charge in [0, 0.05) is 26.1 Å². The quantitative estimate of drug-likeness (QED) is 0.740. The minimum absolute atomic E-state index is 0.220. The Kier molecular flexibility index (Phi) is 3.40. The molecule has 0 saturated carbocycles. The fourth-order valence-electron chi connectivity index (χ4n) is 1.90. The lowest BCUT2D eigenvalue weighted by atomic mass is 9.97. The van der Waals surface area contributed by atoms with E-state index in [0.717, 1.165) is 19.5 Å². The second-order valence-electron chi connectivity index (χ2n) is 4.30. The third-order valence-electron chi connectivity index (χ3n) is 2.94. The molecule has 0 bridgehead atoms. The molecule has 2 unspecified atom stereocenters. The van der Waals surface area contributed by atoms with Crippen LogP contribution in [0, 0.1) is 5.92 Å². The number of aromatic nitrogens is 2. The van der Waals surface area contributed by atoms with Gasteiger partial charge in [-0.25, -0.2) is 0 Å². The third-order valence-corrected chi connectivity index (χ3v) is 2.94. The molecule has 2 atom stereocenters. The van der Waals surface area contributed by atoms with Crippen molar-refractivity contribution in [1.29, 1.82) is 0 Å². The van der Waals surface area contributed by atoms with E-state index in [4.69, 9.17) is 10.2 Å². The van der Waals surface area contributed by atoms with Gasteiger partial charge in [0.15, 0.2) is 0 Å². The molecule has 6 heteroatoms. The fraction of sp³-hybridized carbons (Fsp3) is 0.800. The van der Waals surface area contributed by atoms with Crippen LogP contribution in [-0.2, 0) is 6.42 Å². The minimum Gasteiger partial charge on any atom is -0.408 e. The first-order valence-corrected chi connectivity index (χ1v) is 5.66. The van der Waals surface area contributed by atoms with Crippen molar-refractivity contribution < 1.29 is 9.52 Å². The molecule has 2 rings (SSSR count). The first-order chi connectivity index (χ1) is 7.70. The molecular weight excluding hydrogens is 208 g/mol. The predicted molar refractivity (Wildman–Crippen MR) is 59.1 cm³/mol. The summed E-state index contributed by atoms with van der Waals surface area (Å²) in [5, 5.41) is 17.5. The first-order valence-electron chi connectivity index (χ1n) is 5.66. The van der Waals surface area contributed by atoms with Gasteiger partial charge >= 0.3 is 6.01 Å². The Morgan fingerprint density at radius 3 is 3.06 bits per heavy atom. The molecule has 0 spiro atoms. The van der Waals surface area contributed by atoms with Crippen LogP contribution in [0.15, 0.2) is 4.42 Å². The number of nitrogens with two attached hydrogens (primary N) is 1. The monoisotopic (exact) mass is 226 g/mol. The minimum atomic E-state index is -0.220. The molecule has 1 fully saturated rings. The maximum Gasteiger partial charge on any atom is 0.318 e. The summed E-state index contributed by atoms with van der Waals surface area (Å²) >= 11 is 0. The standard InChI is InChI=1S/C10H18N4O2/c1-7-6-14(5-3-8(7)15)10-13-12-9(16-10)2-4-11/h7-8,15H,2-6,11H2,1H3. The van der Waals surface area contributed by atoms with Crippen LogP contribution in [0.5, 0.6) is 0 Å². The smallest absolute Gasteiger partial charge is 0.318 e. The van der Waals surface area contributed by atoms with Gasteiger partial charge in [-0.15, -0.1) is 5.10 Å².